The highest BCUT2D eigenvalue weighted by Gasteiger charge is 1.98. The monoisotopic (exact) mass is 148 g/mol. The van der Waals surface area contributed by atoms with Gasteiger partial charge in [-0.2, -0.15) is 9.61 Å². The van der Waals surface area contributed by atoms with E-state index < -0.39 is 0 Å². The Kier molecular flexibility index (Phi) is 1.09. The fourth-order valence-electron chi connectivity index (χ4n) is 1.09. The number of nitrogens with two attached hydrogens (primary N) is 1. The lowest BCUT2D eigenvalue weighted by Gasteiger charge is -1.98. The maximum absolute atomic E-state index is 5.66. The standard InChI is InChI=1S/C7H8N4/c1-5-2-6(8)11-7(3-5)9-4-10-11/h2-4H,8H2,1H3. The van der Waals surface area contributed by atoms with E-state index >= 15 is 0 Å². The first-order valence-corrected chi connectivity index (χ1v) is 3.33. The van der Waals surface area contributed by atoms with Gasteiger partial charge < -0.3 is 5.73 Å². The summed E-state index contributed by atoms with van der Waals surface area (Å²) in [4.78, 5) is 4.01. The van der Waals surface area contributed by atoms with Gasteiger partial charge in [0, 0.05) is 0 Å². The third-order valence-corrected chi connectivity index (χ3v) is 1.55. The summed E-state index contributed by atoms with van der Waals surface area (Å²) in [5, 5.41) is 3.94. The van der Waals surface area contributed by atoms with E-state index in [1.54, 1.807) is 4.52 Å². The lowest BCUT2D eigenvalue weighted by atomic mass is 10.3. The van der Waals surface area contributed by atoms with Crippen LogP contribution in [0.4, 0.5) is 5.82 Å². The number of anilines is 1. The van der Waals surface area contributed by atoms with E-state index in [9.17, 15) is 0 Å². The minimum atomic E-state index is 0.623. The second-order valence-corrected chi connectivity index (χ2v) is 2.49. The Labute approximate surface area is 63.7 Å². The van der Waals surface area contributed by atoms with Crippen LogP contribution in [0.5, 0.6) is 0 Å². The van der Waals surface area contributed by atoms with Crippen LogP contribution in [-0.2, 0) is 0 Å². The Hall–Kier alpha value is -1.58. The Morgan fingerprint density at radius 2 is 2.27 bits per heavy atom. The fraction of sp³-hybridized carbons (Fsp3) is 0.143. The lowest BCUT2D eigenvalue weighted by molar-refractivity contribution is 0.970. The second-order valence-electron chi connectivity index (χ2n) is 2.49. The summed E-state index contributed by atoms with van der Waals surface area (Å²) in [5.74, 6) is 0.623. The molecule has 0 aromatic carbocycles. The van der Waals surface area contributed by atoms with Gasteiger partial charge >= 0.3 is 0 Å². The van der Waals surface area contributed by atoms with Crippen LogP contribution in [0.2, 0.25) is 0 Å². The van der Waals surface area contributed by atoms with Gasteiger partial charge in [0.15, 0.2) is 5.65 Å². The molecule has 4 heteroatoms. The lowest BCUT2D eigenvalue weighted by Crippen LogP contribution is -1.98. The van der Waals surface area contributed by atoms with Gasteiger partial charge in [0.2, 0.25) is 0 Å². The zero-order valence-corrected chi connectivity index (χ0v) is 6.15. The van der Waals surface area contributed by atoms with Gasteiger partial charge in [-0.3, -0.25) is 0 Å². The number of hydrogen-bond donors (Lipinski definition) is 1. The summed E-state index contributed by atoms with van der Waals surface area (Å²) in [5.41, 5.74) is 7.56. The van der Waals surface area contributed by atoms with Crippen LogP contribution in [0, 0.1) is 6.92 Å². The predicted molar refractivity (Wildman–Crippen MR) is 42.1 cm³/mol. The largest absolute Gasteiger partial charge is 0.384 e. The molecule has 0 bridgehead atoms. The smallest absolute Gasteiger partial charge is 0.157 e. The van der Waals surface area contributed by atoms with Crippen LogP contribution in [0.25, 0.3) is 5.65 Å². The first kappa shape index (κ1) is 6.15. The van der Waals surface area contributed by atoms with Crippen molar-refractivity contribution in [1.82, 2.24) is 14.6 Å². The summed E-state index contributed by atoms with van der Waals surface area (Å²) in [7, 11) is 0. The molecule has 0 aliphatic heterocycles. The molecule has 0 amide bonds. The SMILES string of the molecule is Cc1cc(N)n2ncnc2c1. The fourth-order valence-corrected chi connectivity index (χ4v) is 1.09. The van der Waals surface area contributed by atoms with Gasteiger partial charge in [0.05, 0.1) is 0 Å². The van der Waals surface area contributed by atoms with Crippen LogP contribution in [0.3, 0.4) is 0 Å². The molecule has 56 valence electrons. The van der Waals surface area contributed by atoms with Crippen molar-refractivity contribution < 1.29 is 0 Å². The Morgan fingerprint density at radius 3 is 3.09 bits per heavy atom. The van der Waals surface area contributed by atoms with E-state index in [1.165, 1.54) is 6.33 Å². The Morgan fingerprint density at radius 1 is 1.45 bits per heavy atom. The molecular formula is C7H8N4. The number of rotatable bonds is 0. The van der Waals surface area contributed by atoms with Crippen molar-refractivity contribution in [2.45, 2.75) is 6.92 Å². The third kappa shape index (κ3) is 0.832. The van der Waals surface area contributed by atoms with Crippen molar-refractivity contribution in [2.24, 2.45) is 0 Å². The maximum atomic E-state index is 5.66. The van der Waals surface area contributed by atoms with Crippen LogP contribution in [-0.4, -0.2) is 14.6 Å². The number of nitrogen functional groups attached to an aromatic ring is 1. The number of nitrogens with zero attached hydrogens (tertiary/aromatic N) is 3. The average molecular weight is 148 g/mol. The summed E-state index contributed by atoms with van der Waals surface area (Å²) in [6.45, 7) is 1.98. The van der Waals surface area contributed by atoms with Crippen molar-refractivity contribution in [3.63, 3.8) is 0 Å². The van der Waals surface area contributed by atoms with E-state index in [-0.39, 0.29) is 0 Å². The first-order chi connectivity index (χ1) is 5.27. The van der Waals surface area contributed by atoms with Gasteiger partial charge in [-0.25, -0.2) is 4.98 Å². The van der Waals surface area contributed by atoms with Crippen LogP contribution < -0.4 is 5.73 Å². The number of fused-ring (bicyclic) bond motifs is 1. The Balaban J connectivity index is 2.91. The number of aryl methyl sites for hydroxylation is 1. The average Bonchev–Trinajstić information content (AvgIpc) is 2.34. The molecule has 2 N–H and O–H groups in total. The molecule has 0 fully saturated rings. The zero-order chi connectivity index (χ0) is 7.84. The quantitative estimate of drug-likeness (QED) is 0.595. The maximum Gasteiger partial charge on any atom is 0.157 e. The van der Waals surface area contributed by atoms with Gasteiger partial charge in [0.25, 0.3) is 0 Å². The van der Waals surface area contributed by atoms with Crippen molar-refractivity contribution in [3.8, 4) is 0 Å². The van der Waals surface area contributed by atoms with Crippen LogP contribution in [0.1, 0.15) is 5.56 Å². The molecule has 0 saturated carbocycles. The molecule has 2 heterocycles. The van der Waals surface area contributed by atoms with Crippen molar-refractivity contribution in [3.05, 3.63) is 24.0 Å². The van der Waals surface area contributed by atoms with E-state index in [0.717, 1.165) is 11.2 Å². The number of hydrogen-bond acceptors (Lipinski definition) is 3. The molecule has 0 aliphatic carbocycles. The minimum absolute atomic E-state index is 0.623. The molecule has 0 saturated heterocycles. The molecule has 0 radical (unpaired) electrons. The number of pyridine rings is 1. The molecule has 0 atom stereocenters. The molecule has 0 unspecified atom stereocenters. The molecular weight excluding hydrogens is 140 g/mol. The van der Waals surface area contributed by atoms with Crippen LogP contribution in [0.15, 0.2) is 18.5 Å². The molecule has 11 heavy (non-hydrogen) atoms. The zero-order valence-electron chi connectivity index (χ0n) is 6.15. The van der Waals surface area contributed by atoms with E-state index in [4.69, 9.17) is 5.73 Å². The third-order valence-electron chi connectivity index (χ3n) is 1.55. The highest BCUT2D eigenvalue weighted by molar-refractivity contribution is 5.48. The molecule has 0 aliphatic rings. The minimum Gasteiger partial charge on any atom is -0.384 e. The van der Waals surface area contributed by atoms with Crippen molar-refractivity contribution in [2.75, 3.05) is 5.73 Å². The van der Waals surface area contributed by atoms with Crippen LogP contribution >= 0.6 is 0 Å². The van der Waals surface area contributed by atoms with Crippen molar-refractivity contribution in [1.29, 1.82) is 0 Å². The topological polar surface area (TPSA) is 56.2 Å². The summed E-state index contributed by atoms with van der Waals surface area (Å²) in [6.07, 6.45) is 1.49. The van der Waals surface area contributed by atoms with Gasteiger partial charge in [-0.05, 0) is 24.6 Å². The van der Waals surface area contributed by atoms with Gasteiger partial charge in [0.1, 0.15) is 12.1 Å². The second kappa shape index (κ2) is 1.95. The van der Waals surface area contributed by atoms with Gasteiger partial charge in [-0.15, -0.1) is 0 Å². The molecule has 4 nitrogen and oxygen atoms in total. The first-order valence-electron chi connectivity index (χ1n) is 3.33. The molecule has 2 aromatic heterocycles. The summed E-state index contributed by atoms with van der Waals surface area (Å²) >= 11 is 0. The van der Waals surface area contributed by atoms with Crippen molar-refractivity contribution >= 4 is 11.5 Å². The van der Waals surface area contributed by atoms with E-state index in [0.29, 0.717) is 5.82 Å². The summed E-state index contributed by atoms with van der Waals surface area (Å²) in [6, 6.07) is 3.80. The molecule has 2 aromatic rings. The highest BCUT2D eigenvalue weighted by Crippen LogP contribution is 2.08. The van der Waals surface area contributed by atoms with Gasteiger partial charge in [-0.1, -0.05) is 0 Å². The Bertz CT molecular complexity index is 390. The molecule has 2 rings (SSSR count). The summed E-state index contributed by atoms with van der Waals surface area (Å²) < 4.78 is 1.60. The molecule has 0 spiro atoms. The number of aromatic nitrogens is 3. The van der Waals surface area contributed by atoms with E-state index in [1.807, 2.05) is 19.1 Å². The predicted octanol–water partition coefficient (Wildman–Crippen LogP) is 0.620. The highest BCUT2D eigenvalue weighted by atomic mass is 15.3. The van der Waals surface area contributed by atoms with E-state index in [2.05, 4.69) is 10.1 Å². The normalized spacial score (nSPS) is 10.6.